The van der Waals surface area contributed by atoms with Gasteiger partial charge in [-0.25, -0.2) is 19.2 Å². The van der Waals surface area contributed by atoms with Crippen LogP contribution in [0.5, 0.6) is 0 Å². The van der Waals surface area contributed by atoms with Gasteiger partial charge in [0.1, 0.15) is 13.2 Å². The van der Waals surface area contributed by atoms with Crippen LogP contribution in [-0.4, -0.2) is 50.3 Å². The summed E-state index contributed by atoms with van der Waals surface area (Å²) in [5.74, 6) is -1.69. The van der Waals surface area contributed by atoms with Crippen molar-refractivity contribution in [1.82, 2.24) is 0 Å². The zero-order valence-electron chi connectivity index (χ0n) is 21.4. The van der Waals surface area contributed by atoms with Crippen LogP contribution in [0.2, 0.25) is 0 Å². The molecule has 0 bridgehead atoms. The highest BCUT2D eigenvalue weighted by atomic mass is 16.5. The standard InChI is InChI=1S/C15H24O4.C12H18O4/c1-5-9-10-15(8-4,11-18-13(16)6-2)12-19-14(17)7-3;1-3-11(13)15-9-7-5-6-8-10-16-12(14)4-2/h6-7H,2-3,5,8-12H2,1,4H3;3-4H,1-2,5-10H2. The average Bonchev–Trinajstić information content (AvgIpc) is 2.89. The fourth-order valence-electron chi connectivity index (χ4n) is 2.71. The van der Waals surface area contributed by atoms with Gasteiger partial charge in [0.25, 0.3) is 0 Å². The van der Waals surface area contributed by atoms with Gasteiger partial charge in [0.05, 0.1) is 13.2 Å². The second-order valence-electron chi connectivity index (χ2n) is 7.74. The van der Waals surface area contributed by atoms with Gasteiger partial charge < -0.3 is 18.9 Å². The summed E-state index contributed by atoms with van der Waals surface area (Å²) in [6.07, 6.45) is 11.7. The van der Waals surface area contributed by atoms with Crippen molar-refractivity contribution in [2.24, 2.45) is 5.41 Å². The minimum absolute atomic E-state index is 0.235. The molecule has 0 N–H and O–H groups in total. The average molecular weight is 495 g/mol. The van der Waals surface area contributed by atoms with Gasteiger partial charge in [0.15, 0.2) is 0 Å². The summed E-state index contributed by atoms with van der Waals surface area (Å²) in [4.78, 5) is 43.7. The largest absolute Gasteiger partial charge is 0.463 e. The second-order valence-corrected chi connectivity index (χ2v) is 7.74. The van der Waals surface area contributed by atoms with Crippen molar-refractivity contribution < 1.29 is 38.1 Å². The van der Waals surface area contributed by atoms with Gasteiger partial charge in [-0.2, -0.15) is 0 Å². The first-order valence-corrected chi connectivity index (χ1v) is 11.9. The molecule has 0 aliphatic heterocycles. The molecule has 0 fully saturated rings. The Morgan fingerprint density at radius 3 is 1.29 bits per heavy atom. The number of ether oxygens (including phenoxy) is 4. The molecule has 0 aromatic rings. The Hall–Kier alpha value is -3.16. The van der Waals surface area contributed by atoms with Crippen LogP contribution in [0, 0.1) is 5.41 Å². The minimum Gasteiger partial charge on any atom is -0.463 e. The van der Waals surface area contributed by atoms with Gasteiger partial charge in [-0.05, 0) is 38.5 Å². The highest BCUT2D eigenvalue weighted by molar-refractivity contribution is 5.82. The zero-order valence-corrected chi connectivity index (χ0v) is 21.4. The van der Waals surface area contributed by atoms with E-state index in [2.05, 4.69) is 33.2 Å². The number of unbranched alkanes of at least 4 members (excludes halogenated alkanes) is 4. The molecule has 8 nitrogen and oxygen atoms in total. The summed E-state index contributed by atoms with van der Waals surface area (Å²) in [6, 6.07) is 0. The van der Waals surface area contributed by atoms with Gasteiger partial charge in [0.2, 0.25) is 0 Å². The van der Waals surface area contributed by atoms with Crippen LogP contribution in [0.15, 0.2) is 50.6 Å². The molecule has 0 unspecified atom stereocenters. The van der Waals surface area contributed by atoms with Crippen LogP contribution in [0.1, 0.15) is 65.2 Å². The lowest BCUT2D eigenvalue weighted by molar-refractivity contribution is -0.149. The molecule has 198 valence electrons. The quantitative estimate of drug-likeness (QED) is 0.106. The Bertz CT molecular complexity index is 631. The number of carbonyl (C=O) groups excluding carboxylic acids is 4. The van der Waals surface area contributed by atoms with Crippen LogP contribution in [0.25, 0.3) is 0 Å². The van der Waals surface area contributed by atoms with E-state index in [1.165, 1.54) is 0 Å². The van der Waals surface area contributed by atoms with Crippen molar-refractivity contribution in [3.05, 3.63) is 50.6 Å². The summed E-state index contributed by atoms with van der Waals surface area (Å²) < 4.78 is 19.9. The lowest BCUT2D eigenvalue weighted by Crippen LogP contribution is -2.33. The van der Waals surface area contributed by atoms with Gasteiger partial charge in [-0.15, -0.1) is 0 Å². The molecular formula is C27H42O8. The van der Waals surface area contributed by atoms with Gasteiger partial charge in [-0.3, -0.25) is 0 Å². The third-order valence-corrected chi connectivity index (χ3v) is 5.05. The van der Waals surface area contributed by atoms with E-state index in [1.807, 2.05) is 6.92 Å². The van der Waals surface area contributed by atoms with Crippen LogP contribution >= 0.6 is 0 Å². The lowest BCUT2D eigenvalue weighted by atomic mass is 9.81. The molecule has 0 atom stereocenters. The van der Waals surface area contributed by atoms with E-state index in [-0.39, 0.29) is 30.6 Å². The Kier molecular flexibility index (Phi) is 22.0. The Balaban J connectivity index is 0. The fraction of sp³-hybridized carbons (Fsp3) is 0.556. The monoisotopic (exact) mass is 494 g/mol. The van der Waals surface area contributed by atoms with E-state index in [0.29, 0.717) is 13.2 Å². The number of esters is 4. The van der Waals surface area contributed by atoms with Gasteiger partial charge >= 0.3 is 23.9 Å². The van der Waals surface area contributed by atoms with Crippen molar-refractivity contribution >= 4 is 23.9 Å². The molecule has 0 heterocycles. The van der Waals surface area contributed by atoms with Crippen LogP contribution in [-0.2, 0) is 38.1 Å². The molecule has 0 amide bonds. The second kappa shape index (κ2) is 22.6. The molecule has 0 aromatic carbocycles. The Morgan fingerprint density at radius 1 is 0.600 bits per heavy atom. The highest BCUT2D eigenvalue weighted by Gasteiger charge is 2.31. The summed E-state index contributed by atoms with van der Waals surface area (Å²) >= 11 is 0. The molecule has 0 aliphatic rings. The first-order chi connectivity index (χ1) is 16.7. The van der Waals surface area contributed by atoms with Crippen molar-refractivity contribution in [2.75, 3.05) is 26.4 Å². The maximum atomic E-state index is 11.2. The number of carbonyl (C=O) groups is 4. The molecule has 0 spiro atoms. The van der Waals surface area contributed by atoms with E-state index < -0.39 is 11.9 Å². The number of hydrogen-bond acceptors (Lipinski definition) is 8. The van der Waals surface area contributed by atoms with E-state index in [9.17, 15) is 19.2 Å². The van der Waals surface area contributed by atoms with E-state index in [4.69, 9.17) is 18.9 Å². The lowest BCUT2D eigenvalue weighted by Gasteiger charge is -2.31. The summed E-state index contributed by atoms with van der Waals surface area (Å²) in [5, 5.41) is 0. The summed E-state index contributed by atoms with van der Waals surface area (Å²) in [5.41, 5.74) is -0.326. The van der Waals surface area contributed by atoms with Crippen molar-refractivity contribution in [3.8, 4) is 0 Å². The van der Waals surface area contributed by atoms with Crippen LogP contribution in [0.4, 0.5) is 0 Å². The maximum absolute atomic E-state index is 11.2. The van der Waals surface area contributed by atoms with Crippen LogP contribution in [0.3, 0.4) is 0 Å². The summed E-state index contributed by atoms with van der Waals surface area (Å²) in [6.45, 7) is 18.7. The molecule has 8 heteroatoms. The topological polar surface area (TPSA) is 105 Å². The fourth-order valence-corrected chi connectivity index (χ4v) is 2.71. The minimum atomic E-state index is -0.454. The highest BCUT2D eigenvalue weighted by Crippen LogP contribution is 2.30. The first kappa shape index (κ1) is 34.0. The zero-order chi connectivity index (χ0) is 27.0. The normalized spacial score (nSPS) is 10.0. The van der Waals surface area contributed by atoms with E-state index >= 15 is 0 Å². The smallest absolute Gasteiger partial charge is 0.330 e. The summed E-state index contributed by atoms with van der Waals surface area (Å²) in [7, 11) is 0. The predicted octanol–water partition coefficient (Wildman–Crippen LogP) is 5.04. The molecule has 0 saturated heterocycles. The maximum Gasteiger partial charge on any atom is 0.330 e. The van der Waals surface area contributed by atoms with E-state index in [0.717, 1.165) is 75.7 Å². The van der Waals surface area contributed by atoms with Gasteiger partial charge in [0, 0.05) is 29.7 Å². The molecule has 35 heavy (non-hydrogen) atoms. The molecular weight excluding hydrogens is 452 g/mol. The van der Waals surface area contributed by atoms with Gasteiger partial charge in [-0.1, -0.05) is 53.0 Å². The molecule has 0 aromatic heterocycles. The first-order valence-electron chi connectivity index (χ1n) is 11.9. The third-order valence-electron chi connectivity index (χ3n) is 5.05. The SMILES string of the molecule is C=CC(=O)OCC(CC)(CCCC)COC(=O)C=C.C=CC(=O)OCCCCCCOC(=O)C=C. The van der Waals surface area contributed by atoms with Crippen molar-refractivity contribution in [1.29, 1.82) is 0 Å². The van der Waals surface area contributed by atoms with Crippen molar-refractivity contribution in [2.45, 2.75) is 65.2 Å². The molecule has 0 saturated carbocycles. The number of hydrogen-bond donors (Lipinski definition) is 0. The third kappa shape index (κ3) is 20.0. The van der Waals surface area contributed by atoms with Crippen molar-refractivity contribution in [3.63, 3.8) is 0 Å². The molecule has 0 aliphatic carbocycles. The molecule has 0 rings (SSSR count). The Labute approximate surface area is 210 Å². The molecule has 0 radical (unpaired) electrons. The number of rotatable bonds is 19. The van der Waals surface area contributed by atoms with Crippen LogP contribution < -0.4 is 0 Å². The Morgan fingerprint density at radius 2 is 0.971 bits per heavy atom. The predicted molar refractivity (Wildman–Crippen MR) is 135 cm³/mol. The van der Waals surface area contributed by atoms with E-state index in [1.54, 1.807) is 0 Å².